The Morgan fingerprint density at radius 3 is 2.40 bits per heavy atom. The molecule has 2 nitrogen and oxygen atoms in total. The second-order valence-corrected chi connectivity index (χ2v) is 5.59. The standard InChI is InChI=1S/C12H18BrNO/c1-12(2,3)11(14)9-7-8(15-4)5-6-10(9)13/h5-7,11H,14H2,1-4H3/t11-/m1/s1. The van der Waals surface area contributed by atoms with E-state index in [4.69, 9.17) is 10.5 Å². The molecule has 0 saturated heterocycles. The quantitative estimate of drug-likeness (QED) is 0.894. The van der Waals surface area contributed by atoms with Crippen molar-refractivity contribution >= 4 is 15.9 Å². The Labute approximate surface area is 99.9 Å². The number of rotatable bonds is 2. The normalized spacial score (nSPS) is 13.7. The molecule has 1 aromatic rings. The molecule has 0 amide bonds. The van der Waals surface area contributed by atoms with Gasteiger partial charge in [0.25, 0.3) is 0 Å². The Morgan fingerprint density at radius 2 is 1.93 bits per heavy atom. The topological polar surface area (TPSA) is 35.2 Å². The molecular weight excluding hydrogens is 254 g/mol. The largest absolute Gasteiger partial charge is 0.497 e. The predicted octanol–water partition coefficient (Wildman–Crippen LogP) is 3.50. The number of halogens is 1. The van der Waals surface area contributed by atoms with Crippen LogP contribution in [0.15, 0.2) is 22.7 Å². The van der Waals surface area contributed by atoms with Crippen LogP contribution in [0.3, 0.4) is 0 Å². The van der Waals surface area contributed by atoms with Gasteiger partial charge in [-0.05, 0) is 29.2 Å². The maximum atomic E-state index is 6.21. The molecule has 0 aliphatic rings. The number of hydrogen-bond acceptors (Lipinski definition) is 2. The average Bonchev–Trinajstić information content (AvgIpc) is 2.16. The van der Waals surface area contributed by atoms with Crippen molar-refractivity contribution in [3.63, 3.8) is 0 Å². The van der Waals surface area contributed by atoms with Gasteiger partial charge >= 0.3 is 0 Å². The molecule has 0 aromatic heterocycles. The minimum Gasteiger partial charge on any atom is -0.497 e. The summed E-state index contributed by atoms with van der Waals surface area (Å²) < 4.78 is 6.23. The van der Waals surface area contributed by atoms with E-state index in [0.717, 1.165) is 15.8 Å². The zero-order chi connectivity index (χ0) is 11.6. The van der Waals surface area contributed by atoms with Gasteiger partial charge in [0, 0.05) is 10.5 Å². The highest BCUT2D eigenvalue weighted by Gasteiger charge is 2.24. The third kappa shape index (κ3) is 2.95. The fourth-order valence-electron chi connectivity index (χ4n) is 1.35. The van der Waals surface area contributed by atoms with Crippen LogP contribution in [0.2, 0.25) is 0 Å². The first-order chi connectivity index (χ1) is 6.86. The van der Waals surface area contributed by atoms with Crippen molar-refractivity contribution < 1.29 is 4.74 Å². The lowest BCUT2D eigenvalue weighted by Crippen LogP contribution is -2.26. The van der Waals surface area contributed by atoms with E-state index in [2.05, 4.69) is 36.7 Å². The van der Waals surface area contributed by atoms with Crippen LogP contribution in [0, 0.1) is 5.41 Å². The fourth-order valence-corrected chi connectivity index (χ4v) is 1.85. The van der Waals surface area contributed by atoms with Crippen molar-refractivity contribution in [2.45, 2.75) is 26.8 Å². The van der Waals surface area contributed by atoms with Crippen molar-refractivity contribution in [1.29, 1.82) is 0 Å². The molecule has 0 aliphatic carbocycles. The molecule has 1 atom stereocenters. The second kappa shape index (κ2) is 4.54. The molecule has 0 heterocycles. The maximum absolute atomic E-state index is 6.21. The monoisotopic (exact) mass is 271 g/mol. The van der Waals surface area contributed by atoms with Crippen LogP contribution in [-0.4, -0.2) is 7.11 Å². The number of nitrogens with two attached hydrogens (primary N) is 1. The lowest BCUT2D eigenvalue weighted by molar-refractivity contribution is 0.324. The van der Waals surface area contributed by atoms with Crippen molar-refractivity contribution in [1.82, 2.24) is 0 Å². The Balaban J connectivity index is 3.12. The molecular formula is C12H18BrNO. The van der Waals surface area contributed by atoms with Gasteiger partial charge < -0.3 is 10.5 Å². The van der Waals surface area contributed by atoms with Crippen LogP contribution in [0.25, 0.3) is 0 Å². The van der Waals surface area contributed by atoms with Gasteiger partial charge in [0.05, 0.1) is 7.11 Å². The van der Waals surface area contributed by atoms with Crippen LogP contribution in [-0.2, 0) is 0 Å². The third-order valence-electron chi connectivity index (χ3n) is 2.47. The maximum Gasteiger partial charge on any atom is 0.119 e. The van der Waals surface area contributed by atoms with E-state index in [1.54, 1.807) is 7.11 Å². The summed E-state index contributed by atoms with van der Waals surface area (Å²) in [5.41, 5.74) is 7.33. The van der Waals surface area contributed by atoms with Gasteiger partial charge in [-0.1, -0.05) is 36.7 Å². The highest BCUT2D eigenvalue weighted by molar-refractivity contribution is 9.10. The smallest absolute Gasteiger partial charge is 0.119 e. The Hall–Kier alpha value is -0.540. The Kier molecular flexibility index (Phi) is 3.79. The average molecular weight is 272 g/mol. The third-order valence-corrected chi connectivity index (χ3v) is 3.19. The van der Waals surface area contributed by atoms with Gasteiger partial charge in [-0.25, -0.2) is 0 Å². The Bertz CT molecular complexity index is 344. The van der Waals surface area contributed by atoms with Crippen LogP contribution in [0.4, 0.5) is 0 Å². The van der Waals surface area contributed by atoms with Gasteiger partial charge in [-0.3, -0.25) is 0 Å². The van der Waals surface area contributed by atoms with Gasteiger partial charge in [0.2, 0.25) is 0 Å². The summed E-state index contributed by atoms with van der Waals surface area (Å²) in [7, 11) is 1.66. The van der Waals surface area contributed by atoms with Crippen molar-refractivity contribution in [3.05, 3.63) is 28.2 Å². The zero-order valence-electron chi connectivity index (χ0n) is 9.67. The number of methoxy groups -OCH3 is 1. The van der Waals surface area contributed by atoms with Crippen molar-refractivity contribution in [3.8, 4) is 5.75 Å². The molecule has 1 aromatic carbocycles. The number of benzene rings is 1. The molecule has 15 heavy (non-hydrogen) atoms. The first kappa shape index (κ1) is 12.5. The van der Waals surface area contributed by atoms with Gasteiger partial charge in [-0.15, -0.1) is 0 Å². The molecule has 2 N–H and O–H groups in total. The molecule has 0 saturated carbocycles. The summed E-state index contributed by atoms with van der Waals surface area (Å²) in [4.78, 5) is 0. The van der Waals surface area contributed by atoms with Crippen LogP contribution in [0.5, 0.6) is 5.75 Å². The first-order valence-electron chi connectivity index (χ1n) is 4.95. The lowest BCUT2D eigenvalue weighted by atomic mass is 9.83. The van der Waals surface area contributed by atoms with Crippen LogP contribution >= 0.6 is 15.9 Å². The van der Waals surface area contributed by atoms with Gasteiger partial charge in [0.15, 0.2) is 0 Å². The second-order valence-electron chi connectivity index (χ2n) is 4.73. The fraction of sp³-hybridized carbons (Fsp3) is 0.500. The summed E-state index contributed by atoms with van der Waals surface area (Å²) in [6.45, 7) is 6.39. The number of ether oxygens (including phenoxy) is 1. The summed E-state index contributed by atoms with van der Waals surface area (Å²) >= 11 is 3.52. The molecule has 0 aliphatic heterocycles. The van der Waals surface area contributed by atoms with Crippen LogP contribution < -0.4 is 10.5 Å². The van der Waals surface area contributed by atoms with Crippen LogP contribution in [0.1, 0.15) is 32.4 Å². The van der Waals surface area contributed by atoms with E-state index in [9.17, 15) is 0 Å². The van der Waals surface area contributed by atoms with Crippen molar-refractivity contribution in [2.24, 2.45) is 11.1 Å². The first-order valence-corrected chi connectivity index (χ1v) is 5.74. The lowest BCUT2D eigenvalue weighted by Gasteiger charge is -2.28. The highest BCUT2D eigenvalue weighted by atomic mass is 79.9. The highest BCUT2D eigenvalue weighted by Crippen LogP contribution is 2.36. The minimum atomic E-state index is -0.0121. The van der Waals surface area contributed by atoms with Gasteiger partial charge in [0.1, 0.15) is 5.75 Å². The summed E-state index contributed by atoms with van der Waals surface area (Å²) in [5.74, 6) is 0.841. The Morgan fingerprint density at radius 1 is 1.33 bits per heavy atom. The summed E-state index contributed by atoms with van der Waals surface area (Å²) in [6, 6.07) is 5.87. The van der Waals surface area contributed by atoms with E-state index >= 15 is 0 Å². The summed E-state index contributed by atoms with van der Waals surface area (Å²) in [6.07, 6.45) is 0. The minimum absolute atomic E-state index is 0.0121. The molecule has 0 bridgehead atoms. The predicted molar refractivity (Wildman–Crippen MR) is 67.1 cm³/mol. The van der Waals surface area contributed by atoms with E-state index in [0.29, 0.717) is 0 Å². The molecule has 0 radical (unpaired) electrons. The van der Waals surface area contributed by atoms with E-state index < -0.39 is 0 Å². The van der Waals surface area contributed by atoms with Gasteiger partial charge in [-0.2, -0.15) is 0 Å². The SMILES string of the molecule is COc1ccc(Br)c([C@@H](N)C(C)(C)C)c1. The molecule has 3 heteroatoms. The van der Waals surface area contributed by atoms with Crippen molar-refractivity contribution in [2.75, 3.05) is 7.11 Å². The van der Waals surface area contributed by atoms with E-state index in [-0.39, 0.29) is 11.5 Å². The molecule has 0 unspecified atom stereocenters. The summed E-state index contributed by atoms with van der Waals surface area (Å²) in [5, 5.41) is 0. The molecule has 0 fully saturated rings. The van der Waals surface area contributed by atoms with E-state index in [1.165, 1.54) is 0 Å². The molecule has 0 spiro atoms. The van der Waals surface area contributed by atoms with E-state index in [1.807, 2.05) is 18.2 Å². The zero-order valence-corrected chi connectivity index (χ0v) is 11.3. The molecule has 84 valence electrons. The molecule has 1 rings (SSSR count). The number of hydrogen-bond donors (Lipinski definition) is 1.